The van der Waals surface area contributed by atoms with Crippen LogP contribution in [0.1, 0.15) is 15.4 Å². The Hall–Kier alpha value is -1.39. The SMILES string of the molecule is COc1cccc(Cc2ncc(CCO)s2)c1. The number of hydrogen-bond donors (Lipinski definition) is 1. The van der Waals surface area contributed by atoms with E-state index in [1.807, 2.05) is 24.4 Å². The number of benzene rings is 1. The van der Waals surface area contributed by atoms with Crippen molar-refractivity contribution < 1.29 is 9.84 Å². The molecule has 2 aromatic rings. The largest absolute Gasteiger partial charge is 0.497 e. The van der Waals surface area contributed by atoms with Gasteiger partial charge in [-0.3, -0.25) is 0 Å². The van der Waals surface area contributed by atoms with Crippen LogP contribution in [0.4, 0.5) is 0 Å². The van der Waals surface area contributed by atoms with Crippen LogP contribution in [-0.4, -0.2) is 23.8 Å². The van der Waals surface area contributed by atoms with E-state index in [0.29, 0.717) is 6.42 Å². The van der Waals surface area contributed by atoms with Crippen molar-refractivity contribution >= 4 is 11.3 Å². The average molecular weight is 249 g/mol. The molecule has 17 heavy (non-hydrogen) atoms. The van der Waals surface area contributed by atoms with E-state index in [0.717, 1.165) is 22.1 Å². The second-order valence-corrected chi connectivity index (χ2v) is 4.92. The lowest BCUT2D eigenvalue weighted by atomic mass is 10.1. The monoisotopic (exact) mass is 249 g/mol. The summed E-state index contributed by atoms with van der Waals surface area (Å²) in [6.07, 6.45) is 3.35. The number of aliphatic hydroxyl groups is 1. The zero-order valence-electron chi connectivity index (χ0n) is 9.72. The van der Waals surface area contributed by atoms with E-state index in [1.165, 1.54) is 5.56 Å². The van der Waals surface area contributed by atoms with Gasteiger partial charge in [0.1, 0.15) is 5.75 Å². The maximum Gasteiger partial charge on any atom is 0.119 e. The van der Waals surface area contributed by atoms with Gasteiger partial charge in [0, 0.05) is 30.5 Å². The van der Waals surface area contributed by atoms with Crippen molar-refractivity contribution in [3.63, 3.8) is 0 Å². The highest BCUT2D eigenvalue weighted by atomic mass is 32.1. The molecule has 1 aromatic heterocycles. The van der Waals surface area contributed by atoms with E-state index in [1.54, 1.807) is 18.4 Å². The van der Waals surface area contributed by atoms with Gasteiger partial charge in [-0.2, -0.15) is 0 Å². The smallest absolute Gasteiger partial charge is 0.119 e. The summed E-state index contributed by atoms with van der Waals surface area (Å²) in [7, 11) is 1.67. The van der Waals surface area contributed by atoms with Crippen LogP contribution in [0.5, 0.6) is 5.75 Å². The van der Waals surface area contributed by atoms with Crippen LogP contribution in [0.15, 0.2) is 30.5 Å². The normalized spacial score (nSPS) is 10.5. The first-order valence-corrected chi connectivity index (χ1v) is 6.31. The number of aliphatic hydroxyl groups excluding tert-OH is 1. The Labute approximate surface area is 105 Å². The fourth-order valence-electron chi connectivity index (χ4n) is 1.61. The van der Waals surface area contributed by atoms with Crippen LogP contribution >= 0.6 is 11.3 Å². The van der Waals surface area contributed by atoms with Gasteiger partial charge in [0.25, 0.3) is 0 Å². The molecular weight excluding hydrogens is 234 g/mol. The molecular formula is C13H15NO2S. The predicted octanol–water partition coefficient (Wildman–Crippen LogP) is 2.28. The summed E-state index contributed by atoms with van der Waals surface area (Å²) in [5.41, 5.74) is 1.19. The summed E-state index contributed by atoms with van der Waals surface area (Å²) in [6, 6.07) is 8.00. The van der Waals surface area contributed by atoms with E-state index in [9.17, 15) is 0 Å². The van der Waals surface area contributed by atoms with Gasteiger partial charge >= 0.3 is 0 Å². The number of thiazole rings is 1. The maximum absolute atomic E-state index is 8.85. The topological polar surface area (TPSA) is 42.4 Å². The Balaban J connectivity index is 2.08. The Morgan fingerprint density at radius 1 is 1.41 bits per heavy atom. The lowest BCUT2D eigenvalue weighted by Gasteiger charge is -2.02. The fraction of sp³-hybridized carbons (Fsp3) is 0.308. The summed E-state index contributed by atoms with van der Waals surface area (Å²) in [5.74, 6) is 0.870. The molecule has 0 aliphatic rings. The van der Waals surface area contributed by atoms with Gasteiger partial charge in [-0.15, -0.1) is 11.3 Å². The lowest BCUT2D eigenvalue weighted by molar-refractivity contribution is 0.300. The molecule has 0 fully saturated rings. The molecule has 1 heterocycles. The second-order valence-electron chi connectivity index (χ2n) is 3.72. The number of rotatable bonds is 5. The maximum atomic E-state index is 8.85. The van der Waals surface area contributed by atoms with E-state index >= 15 is 0 Å². The van der Waals surface area contributed by atoms with Gasteiger partial charge in [0.05, 0.1) is 12.1 Å². The average Bonchev–Trinajstić information content (AvgIpc) is 2.77. The molecule has 0 unspecified atom stereocenters. The molecule has 1 N–H and O–H groups in total. The molecule has 4 heteroatoms. The second kappa shape index (κ2) is 5.80. The van der Waals surface area contributed by atoms with Gasteiger partial charge in [-0.1, -0.05) is 12.1 Å². The highest BCUT2D eigenvalue weighted by Crippen LogP contribution is 2.19. The molecule has 2 rings (SSSR count). The minimum atomic E-state index is 0.181. The molecule has 0 aliphatic heterocycles. The zero-order chi connectivity index (χ0) is 12.1. The fourth-order valence-corrected chi connectivity index (χ4v) is 2.56. The highest BCUT2D eigenvalue weighted by Gasteiger charge is 2.03. The lowest BCUT2D eigenvalue weighted by Crippen LogP contribution is -1.88. The molecule has 0 aliphatic carbocycles. The summed E-state index contributed by atoms with van der Waals surface area (Å²) >= 11 is 1.65. The molecule has 0 amide bonds. The van der Waals surface area contributed by atoms with Crippen molar-refractivity contribution in [3.05, 3.63) is 45.9 Å². The molecule has 0 bridgehead atoms. The van der Waals surface area contributed by atoms with Crippen molar-refractivity contribution in [1.29, 1.82) is 0 Å². The molecule has 90 valence electrons. The first-order valence-electron chi connectivity index (χ1n) is 5.49. The zero-order valence-corrected chi connectivity index (χ0v) is 10.5. The van der Waals surface area contributed by atoms with Gasteiger partial charge in [-0.25, -0.2) is 4.98 Å². The Morgan fingerprint density at radius 2 is 2.29 bits per heavy atom. The van der Waals surface area contributed by atoms with Crippen LogP contribution in [0.25, 0.3) is 0 Å². The molecule has 0 spiro atoms. The molecule has 1 aromatic carbocycles. The minimum Gasteiger partial charge on any atom is -0.497 e. The van der Waals surface area contributed by atoms with E-state index in [2.05, 4.69) is 11.1 Å². The van der Waals surface area contributed by atoms with Crippen molar-refractivity contribution in [2.75, 3.05) is 13.7 Å². The summed E-state index contributed by atoms with van der Waals surface area (Å²) in [4.78, 5) is 5.48. The van der Waals surface area contributed by atoms with Crippen LogP contribution < -0.4 is 4.74 Å². The van der Waals surface area contributed by atoms with E-state index < -0.39 is 0 Å². The van der Waals surface area contributed by atoms with Crippen molar-refractivity contribution in [2.24, 2.45) is 0 Å². The number of nitrogens with zero attached hydrogens (tertiary/aromatic N) is 1. The van der Waals surface area contributed by atoms with Crippen molar-refractivity contribution in [3.8, 4) is 5.75 Å². The quantitative estimate of drug-likeness (QED) is 0.884. The van der Waals surface area contributed by atoms with Crippen LogP contribution in [0.2, 0.25) is 0 Å². The molecule has 0 radical (unpaired) electrons. The Kier molecular flexibility index (Phi) is 4.12. The Morgan fingerprint density at radius 3 is 3.06 bits per heavy atom. The van der Waals surface area contributed by atoms with E-state index in [4.69, 9.17) is 9.84 Å². The summed E-state index contributed by atoms with van der Waals surface area (Å²) < 4.78 is 5.19. The molecule has 0 atom stereocenters. The van der Waals surface area contributed by atoms with Gasteiger partial charge < -0.3 is 9.84 Å². The van der Waals surface area contributed by atoms with E-state index in [-0.39, 0.29) is 6.61 Å². The number of ether oxygens (including phenoxy) is 1. The number of hydrogen-bond acceptors (Lipinski definition) is 4. The van der Waals surface area contributed by atoms with Gasteiger partial charge in [0.2, 0.25) is 0 Å². The standard InChI is InChI=1S/C13H15NO2S/c1-16-11-4-2-3-10(7-11)8-13-14-9-12(17-13)5-6-15/h2-4,7,9,15H,5-6,8H2,1H3. The van der Waals surface area contributed by atoms with Crippen LogP contribution in [-0.2, 0) is 12.8 Å². The van der Waals surface area contributed by atoms with Gasteiger partial charge in [0.15, 0.2) is 0 Å². The number of methoxy groups -OCH3 is 1. The third kappa shape index (κ3) is 3.28. The van der Waals surface area contributed by atoms with Crippen LogP contribution in [0.3, 0.4) is 0 Å². The molecule has 3 nitrogen and oxygen atoms in total. The van der Waals surface area contributed by atoms with Crippen LogP contribution in [0, 0.1) is 0 Å². The predicted molar refractivity (Wildman–Crippen MR) is 68.7 cm³/mol. The highest BCUT2D eigenvalue weighted by molar-refractivity contribution is 7.11. The minimum absolute atomic E-state index is 0.181. The Bertz CT molecular complexity index is 482. The number of aromatic nitrogens is 1. The first kappa shape index (κ1) is 12.1. The third-order valence-electron chi connectivity index (χ3n) is 2.45. The summed E-state index contributed by atoms with van der Waals surface area (Å²) in [5, 5.41) is 9.92. The summed E-state index contributed by atoms with van der Waals surface area (Å²) in [6.45, 7) is 0.181. The molecule has 0 saturated carbocycles. The first-order chi connectivity index (χ1) is 8.31. The third-order valence-corrected chi connectivity index (χ3v) is 3.51. The molecule has 0 saturated heterocycles. The van der Waals surface area contributed by atoms with Gasteiger partial charge in [-0.05, 0) is 17.7 Å². The van der Waals surface area contributed by atoms with Crippen molar-refractivity contribution in [1.82, 2.24) is 4.98 Å². The van der Waals surface area contributed by atoms with Crippen molar-refractivity contribution in [2.45, 2.75) is 12.8 Å².